The Morgan fingerprint density at radius 2 is 1.67 bits per heavy atom. The lowest BCUT2D eigenvalue weighted by Gasteiger charge is -2.14. The molecule has 30 heavy (non-hydrogen) atoms. The molecule has 7 nitrogen and oxygen atoms in total. The van der Waals surface area contributed by atoms with E-state index in [1.807, 2.05) is 26.0 Å². The summed E-state index contributed by atoms with van der Waals surface area (Å²) in [5.74, 6) is 3.04. The van der Waals surface area contributed by atoms with E-state index in [0.29, 0.717) is 38.6 Å². The first-order valence-electron chi connectivity index (χ1n) is 11.3. The highest BCUT2D eigenvalue weighted by Gasteiger charge is 2.17. The topological polar surface area (TPSA) is 84.0 Å². The maximum Gasteiger partial charge on any atom is 0.220 e. The highest BCUT2D eigenvalue weighted by molar-refractivity contribution is 5.80. The van der Waals surface area contributed by atoms with Gasteiger partial charge in [0.25, 0.3) is 0 Å². The van der Waals surface area contributed by atoms with Crippen molar-refractivity contribution in [1.29, 1.82) is 0 Å². The van der Waals surface area contributed by atoms with Crippen LogP contribution in [-0.2, 0) is 11.2 Å². The van der Waals surface area contributed by atoms with Gasteiger partial charge in [0, 0.05) is 33.1 Å². The molecule has 0 spiro atoms. The number of carbonyl (C=O) groups excluding carboxylic acids is 1. The van der Waals surface area contributed by atoms with E-state index >= 15 is 0 Å². The van der Waals surface area contributed by atoms with Crippen LogP contribution in [0.25, 0.3) is 0 Å². The highest BCUT2D eigenvalue weighted by atomic mass is 16.5. The van der Waals surface area contributed by atoms with Crippen LogP contribution in [0.5, 0.6) is 11.5 Å². The van der Waals surface area contributed by atoms with Gasteiger partial charge in [-0.1, -0.05) is 18.9 Å². The summed E-state index contributed by atoms with van der Waals surface area (Å²) in [6.45, 7) is 7.15. The zero-order chi connectivity index (χ0) is 21.6. The fourth-order valence-corrected chi connectivity index (χ4v) is 3.73. The fourth-order valence-electron chi connectivity index (χ4n) is 3.73. The Balaban J connectivity index is 1.66. The Bertz CT molecular complexity index is 672. The molecule has 0 aliphatic heterocycles. The molecular formula is C23H38N4O3. The molecule has 1 saturated carbocycles. The van der Waals surface area contributed by atoms with Crippen LogP contribution >= 0.6 is 0 Å². The van der Waals surface area contributed by atoms with Gasteiger partial charge in [-0.2, -0.15) is 0 Å². The maximum absolute atomic E-state index is 12.0. The van der Waals surface area contributed by atoms with Crippen LogP contribution in [0, 0.1) is 5.92 Å². The number of ether oxygens (including phenoxy) is 2. The second-order valence-corrected chi connectivity index (χ2v) is 7.53. The predicted octanol–water partition coefficient (Wildman–Crippen LogP) is 2.89. The van der Waals surface area contributed by atoms with Gasteiger partial charge in [0.2, 0.25) is 5.91 Å². The minimum Gasteiger partial charge on any atom is -0.490 e. The average molecular weight is 419 g/mol. The maximum atomic E-state index is 12.0. The van der Waals surface area contributed by atoms with E-state index in [2.05, 4.69) is 27.0 Å². The van der Waals surface area contributed by atoms with Crippen LogP contribution in [0.4, 0.5) is 0 Å². The van der Waals surface area contributed by atoms with Gasteiger partial charge in [0.1, 0.15) is 0 Å². The summed E-state index contributed by atoms with van der Waals surface area (Å²) in [4.78, 5) is 16.2. The van der Waals surface area contributed by atoms with Crippen molar-refractivity contribution in [2.24, 2.45) is 10.9 Å². The molecule has 0 bridgehead atoms. The van der Waals surface area contributed by atoms with E-state index in [9.17, 15) is 4.79 Å². The van der Waals surface area contributed by atoms with Crippen molar-refractivity contribution in [1.82, 2.24) is 16.0 Å². The van der Waals surface area contributed by atoms with Crippen LogP contribution in [0.1, 0.15) is 51.5 Å². The molecule has 0 saturated heterocycles. The normalized spacial score (nSPS) is 14.4. The van der Waals surface area contributed by atoms with Gasteiger partial charge in [-0.05, 0) is 56.7 Å². The lowest BCUT2D eigenvalue weighted by Crippen LogP contribution is -2.42. The number of amides is 1. The van der Waals surface area contributed by atoms with Gasteiger partial charge in [-0.25, -0.2) is 0 Å². The summed E-state index contributed by atoms with van der Waals surface area (Å²) in [7, 11) is 1.75. The van der Waals surface area contributed by atoms with Crippen molar-refractivity contribution >= 4 is 11.9 Å². The van der Waals surface area contributed by atoms with E-state index in [1.165, 1.54) is 31.2 Å². The molecule has 0 radical (unpaired) electrons. The second-order valence-electron chi connectivity index (χ2n) is 7.53. The first-order chi connectivity index (χ1) is 14.7. The lowest BCUT2D eigenvalue weighted by molar-refractivity contribution is -0.121. The summed E-state index contributed by atoms with van der Waals surface area (Å²) in [6.07, 6.45) is 6.44. The summed E-state index contributed by atoms with van der Waals surface area (Å²) in [5, 5.41) is 9.55. The summed E-state index contributed by atoms with van der Waals surface area (Å²) in [6, 6.07) is 6.06. The molecule has 1 amide bonds. The smallest absolute Gasteiger partial charge is 0.220 e. The molecular weight excluding hydrogens is 380 g/mol. The van der Waals surface area contributed by atoms with Crippen molar-refractivity contribution in [3.8, 4) is 11.5 Å². The largest absolute Gasteiger partial charge is 0.490 e. The van der Waals surface area contributed by atoms with E-state index in [0.717, 1.165) is 30.4 Å². The van der Waals surface area contributed by atoms with E-state index in [-0.39, 0.29) is 5.91 Å². The number of benzene rings is 1. The molecule has 0 unspecified atom stereocenters. The number of rotatable bonds is 12. The quantitative estimate of drug-likeness (QED) is 0.276. The van der Waals surface area contributed by atoms with Crippen LogP contribution in [0.15, 0.2) is 23.2 Å². The molecule has 1 aromatic carbocycles. The Hall–Kier alpha value is -2.44. The third-order valence-corrected chi connectivity index (χ3v) is 5.23. The van der Waals surface area contributed by atoms with Crippen LogP contribution < -0.4 is 25.4 Å². The molecule has 2 rings (SSSR count). The summed E-state index contributed by atoms with van der Waals surface area (Å²) in [5.41, 5.74) is 1.17. The van der Waals surface area contributed by atoms with Gasteiger partial charge in [0.05, 0.1) is 13.2 Å². The minimum atomic E-state index is 0.159. The van der Waals surface area contributed by atoms with Crippen LogP contribution in [0.3, 0.4) is 0 Å². The average Bonchev–Trinajstić information content (AvgIpc) is 3.25. The van der Waals surface area contributed by atoms with Crippen molar-refractivity contribution in [3.05, 3.63) is 23.8 Å². The number of aliphatic imine (C=N–C) groups is 1. The monoisotopic (exact) mass is 418 g/mol. The predicted molar refractivity (Wildman–Crippen MR) is 121 cm³/mol. The molecule has 3 N–H and O–H groups in total. The minimum absolute atomic E-state index is 0.159. The molecule has 1 aliphatic carbocycles. The summed E-state index contributed by atoms with van der Waals surface area (Å²) < 4.78 is 11.3. The van der Waals surface area contributed by atoms with E-state index in [1.54, 1.807) is 7.05 Å². The van der Waals surface area contributed by atoms with Crippen LogP contribution in [-0.4, -0.2) is 51.8 Å². The number of carbonyl (C=O) groups is 1. The Morgan fingerprint density at radius 3 is 2.37 bits per heavy atom. The Morgan fingerprint density at radius 1 is 1.00 bits per heavy atom. The Labute approximate surface area is 181 Å². The van der Waals surface area contributed by atoms with Crippen LogP contribution in [0.2, 0.25) is 0 Å². The van der Waals surface area contributed by atoms with Gasteiger partial charge in [-0.15, -0.1) is 0 Å². The highest BCUT2D eigenvalue weighted by Crippen LogP contribution is 2.29. The molecule has 0 atom stereocenters. The van der Waals surface area contributed by atoms with Crippen molar-refractivity contribution < 1.29 is 14.3 Å². The molecule has 1 fully saturated rings. The van der Waals surface area contributed by atoms with Gasteiger partial charge in [0.15, 0.2) is 17.5 Å². The number of hydrogen-bond donors (Lipinski definition) is 3. The first kappa shape index (κ1) is 23.8. The third kappa shape index (κ3) is 8.51. The fraction of sp³-hybridized carbons (Fsp3) is 0.652. The zero-order valence-corrected chi connectivity index (χ0v) is 18.8. The van der Waals surface area contributed by atoms with Gasteiger partial charge >= 0.3 is 0 Å². The molecule has 0 aromatic heterocycles. The molecule has 0 heterocycles. The number of nitrogens with one attached hydrogen (secondary N) is 3. The van der Waals surface area contributed by atoms with Crippen molar-refractivity contribution in [2.75, 3.05) is 39.9 Å². The molecule has 1 aromatic rings. The molecule has 1 aliphatic rings. The van der Waals surface area contributed by atoms with Gasteiger partial charge in [-0.3, -0.25) is 9.79 Å². The Kier molecular flexibility index (Phi) is 10.9. The standard InChI is InChI=1S/C23H38N4O3/c1-4-29-20-11-10-19(16-21(20)30-5-2)12-13-26-23(24-3)27-15-14-25-22(28)17-18-8-6-7-9-18/h10-11,16,18H,4-9,12-15,17H2,1-3H3,(H,25,28)(H2,24,26,27). The number of hydrogen-bond acceptors (Lipinski definition) is 4. The number of guanidine groups is 1. The summed E-state index contributed by atoms with van der Waals surface area (Å²) >= 11 is 0. The lowest BCUT2D eigenvalue weighted by atomic mass is 10.0. The van der Waals surface area contributed by atoms with E-state index < -0.39 is 0 Å². The second kappa shape index (κ2) is 13.7. The van der Waals surface area contributed by atoms with Crippen molar-refractivity contribution in [3.63, 3.8) is 0 Å². The molecule has 7 heteroatoms. The van der Waals surface area contributed by atoms with Gasteiger partial charge < -0.3 is 25.4 Å². The zero-order valence-electron chi connectivity index (χ0n) is 18.8. The van der Waals surface area contributed by atoms with Crippen molar-refractivity contribution in [2.45, 2.75) is 52.4 Å². The third-order valence-electron chi connectivity index (χ3n) is 5.23. The van der Waals surface area contributed by atoms with E-state index in [4.69, 9.17) is 9.47 Å². The SMILES string of the molecule is CCOc1ccc(CCNC(=NC)NCCNC(=O)CC2CCCC2)cc1OCC. The molecule has 168 valence electrons. The number of nitrogens with zero attached hydrogens (tertiary/aromatic N) is 1. The first-order valence-corrected chi connectivity index (χ1v) is 11.3.